The van der Waals surface area contributed by atoms with E-state index >= 15 is 0 Å². The van der Waals surface area contributed by atoms with E-state index in [1.54, 1.807) is 0 Å². The maximum absolute atomic E-state index is 13.3. The van der Waals surface area contributed by atoms with Gasteiger partial charge in [-0.15, -0.1) is 0 Å². The first-order chi connectivity index (χ1) is 13.1. The minimum Gasteiger partial charge on any atom is -0.491 e. The summed E-state index contributed by atoms with van der Waals surface area (Å²) in [5.74, 6) is -0.0583. The van der Waals surface area contributed by atoms with Gasteiger partial charge < -0.3 is 19.9 Å². The van der Waals surface area contributed by atoms with Crippen LogP contribution in [0.2, 0.25) is 0 Å². The predicted molar refractivity (Wildman–Crippen MR) is 98.9 cm³/mol. The number of aliphatic hydroxyl groups is 1. The third-order valence-electron chi connectivity index (χ3n) is 5.01. The van der Waals surface area contributed by atoms with Crippen LogP contribution in [0.25, 0.3) is 0 Å². The SMILES string of the molecule is OC(CNCC1(c2ccc(F)cc2)CCOCC1)COc1ccc(F)cc1. The average Bonchev–Trinajstić information content (AvgIpc) is 2.69. The second-order valence-electron chi connectivity index (χ2n) is 6.95. The van der Waals surface area contributed by atoms with Gasteiger partial charge in [0.1, 0.15) is 30.1 Å². The molecule has 6 heteroatoms. The Morgan fingerprint density at radius 2 is 1.59 bits per heavy atom. The molecule has 1 aliphatic rings. The van der Waals surface area contributed by atoms with E-state index in [1.807, 2.05) is 12.1 Å². The monoisotopic (exact) mass is 377 g/mol. The van der Waals surface area contributed by atoms with Crippen LogP contribution in [0.3, 0.4) is 0 Å². The molecule has 146 valence electrons. The third-order valence-corrected chi connectivity index (χ3v) is 5.01. The lowest BCUT2D eigenvalue weighted by Gasteiger charge is -2.38. The lowest BCUT2D eigenvalue weighted by atomic mass is 9.74. The van der Waals surface area contributed by atoms with E-state index in [9.17, 15) is 13.9 Å². The van der Waals surface area contributed by atoms with E-state index in [0.717, 1.165) is 18.4 Å². The highest BCUT2D eigenvalue weighted by atomic mass is 19.1. The molecular weight excluding hydrogens is 352 g/mol. The average molecular weight is 377 g/mol. The van der Waals surface area contributed by atoms with E-state index in [-0.39, 0.29) is 23.7 Å². The van der Waals surface area contributed by atoms with Crippen molar-refractivity contribution in [3.63, 3.8) is 0 Å². The van der Waals surface area contributed by atoms with Gasteiger partial charge in [0.2, 0.25) is 0 Å². The summed E-state index contributed by atoms with van der Waals surface area (Å²) in [6.07, 6.45) is 0.988. The van der Waals surface area contributed by atoms with E-state index in [2.05, 4.69) is 5.32 Å². The standard InChI is InChI=1S/C21H25F2NO3/c22-17-3-1-16(2-4-17)21(9-11-26-12-10-21)15-24-13-19(25)14-27-20-7-5-18(23)6-8-20/h1-8,19,24-25H,9-15H2. The Labute approximate surface area is 158 Å². The van der Waals surface area contributed by atoms with Crippen molar-refractivity contribution < 1.29 is 23.4 Å². The van der Waals surface area contributed by atoms with E-state index in [1.165, 1.54) is 36.4 Å². The molecule has 2 aromatic rings. The van der Waals surface area contributed by atoms with Gasteiger partial charge in [-0.1, -0.05) is 12.1 Å². The van der Waals surface area contributed by atoms with Gasteiger partial charge in [0, 0.05) is 31.7 Å². The molecule has 0 aromatic heterocycles. The molecule has 0 aliphatic carbocycles. The van der Waals surface area contributed by atoms with Gasteiger partial charge in [0.25, 0.3) is 0 Å². The molecule has 1 fully saturated rings. The van der Waals surface area contributed by atoms with Crippen molar-refractivity contribution in [3.8, 4) is 5.75 Å². The lowest BCUT2D eigenvalue weighted by molar-refractivity contribution is 0.0470. The molecule has 0 saturated carbocycles. The zero-order valence-electron chi connectivity index (χ0n) is 15.2. The van der Waals surface area contributed by atoms with Crippen LogP contribution in [-0.4, -0.2) is 44.1 Å². The van der Waals surface area contributed by atoms with E-state index in [0.29, 0.717) is 32.1 Å². The summed E-state index contributed by atoms with van der Waals surface area (Å²) in [4.78, 5) is 0. The van der Waals surface area contributed by atoms with Gasteiger partial charge in [-0.3, -0.25) is 0 Å². The van der Waals surface area contributed by atoms with Gasteiger partial charge in [-0.05, 0) is 54.8 Å². The minimum absolute atomic E-state index is 0.116. The smallest absolute Gasteiger partial charge is 0.123 e. The molecule has 0 amide bonds. The normalized spacial score (nSPS) is 17.4. The Morgan fingerprint density at radius 1 is 1.00 bits per heavy atom. The Kier molecular flexibility index (Phi) is 6.77. The molecule has 1 aliphatic heterocycles. The number of rotatable bonds is 8. The van der Waals surface area contributed by atoms with Crippen molar-refractivity contribution in [2.75, 3.05) is 32.9 Å². The summed E-state index contributed by atoms with van der Waals surface area (Å²) in [7, 11) is 0. The number of halogens is 2. The second kappa shape index (κ2) is 9.26. The number of benzene rings is 2. The fourth-order valence-corrected chi connectivity index (χ4v) is 3.39. The highest BCUT2D eigenvalue weighted by Gasteiger charge is 2.34. The van der Waals surface area contributed by atoms with Crippen molar-refractivity contribution >= 4 is 0 Å². The zero-order chi connectivity index (χ0) is 19.1. The molecule has 2 aromatic carbocycles. The predicted octanol–water partition coefficient (Wildman–Crippen LogP) is 3.04. The fourth-order valence-electron chi connectivity index (χ4n) is 3.39. The highest BCUT2D eigenvalue weighted by molar-refractivity contribution is 5.27. The molecule has 27 heavy (non-hydrogen) atoms. The minimum atomic E-state index is -0.694. The lowest BCUT2D eigenvalue weighted by Crippen LogP contribution is -2.45. The molecule has 2 N–H and O–H groups in total. The van der Waals surface area contributed by atoms with Gasteiger partial charge in [-0.2, -0.15) is 0 Å². The fraction of sp³-hybridized carbons (Fsp3) is 0.429. The summed E-state index contributed by atoms with van der Waals surface area (Å²) < 4.78 is 37.1. The van der Waals surface area contributed by atoms with Crippen LogP contribution in [0.1, 0.15) is 18.4 Å². The van der Waals surface area contributed by atoms with Crippen LogP contribution < -0.4 is 10.1 Å². The molecule has 1 heterocycles. The van der Waals surface area contributed by atoms with Crippen LogP contribution in [-0.2, 0) is 10.2 Å². The molecule has 1 unspecified atom stereocenters. The Hall–Kier alpha value is -2.02. The van der Waals surface area contributed by atoms with Gasteiger partial charge in [0.15, 0.2) is 0 Å². The zero-order valence-corrected chi connectivity index (χ0v) is 15.2. The quantitative estimate of drug-likeness (QED) is 0.743. The van der Waals surface area contributed by atoms with Gasteiger partial charge in [-0.25, -0.2) is 8.78 Å². The molecule has 3 rings (SSSR count). The summed E-state index contributed by atoms with van der Waals surface area (Å²) in [6, 6.07) is 12.3. The molecule has 0 bridgehead atoms. The Bertz CT molecular complexity index is 700. The summed E-state index contributed by atoms with van der Waals surface area (Å²) >= 11 is 0. The Balaban J connectivity index is 1.51. The molecule has 1 atom stereocenters. The summed E-state index contributed by atoms with van der Waals surface area (Å²) in [5.41, 5.74) is 0.945. The number of ether oxygens (including phenoxy) is 2. The summed E-state index contributed by atoms with van der Waals surface area (Å²) in [5, 5.41) is 13.5. The van der Waals surface area contributed by atoms with Crippen LogP contribution in [0.5, 0.6) is 5.75 Å². The highest BCUT2D eigenvalue weighted by Crippen LogP contribution is 2.34. The van der Waals surface area contributed by atoms with Crippen LogP contribution in [0, 0.1) is 11.6 Å². The number of hydrogen-bond acceptors (Lipinski definition) is 4. The van der Waals surface area contributed by atoms with Crippen LogP contribution in [0.15, 0.2) is 48.5 Å². The van der Waals surface area contributed by atoms with Crippen molar-refractivity contribution in [2.24, 2.45) is 0 Å². The van der Waals surface area contributed by atoms with E-state index < -0.39 is 6.10 Å². The van der Waals surface area contributed by atoms with Crippen molar-refractivity contribution in [1.29, 1.82) is 0 Å². The Morgan fingerprint density at radius 3 is 2.22 bits per heavy atom. The maximum Gasteiger partial charge on any atom is 0.123 e. The number of aliphatic hydroxyl groups excluding tert-OH is 1. The first-order valence-corrected chi connectivity index (χ1v) is 9.18. The van der Waals surface area contributed by atoms with Crippen LogP contribution in [0.4, 0.5) is 8.78 Å². The van der Waals surface area contributed by atoms with Crippen molar-refractivity contribution in [1.82, 2.24) is 5.32 Å². The first-order valence-electron chi connectivity index (χ1n) is 9.18. The first kappa shape index (κ1) is 19.7. The van der Waals surface area contributed by atoms with Gasteiger partial charge >= 0.3 is 0 Å². The second-order valence-corrected chi connectivity index (χ2v) is 6.95. The molecule has 0 radical (unpaired) electrons. The third kappa shape index (κ3) is 5.48. The van der Waals surface area contributed by atoms with Crippen LogP contribution >= 0.6 is 0 Å². The molecule has 4 nitrogen and oxygen atoms in total. The van der Waals surface area contributed by atoms with Crippen molar-refractivity contribution in [3.05, 3.63) is 65.7 Å². The summed E-state index contributed by atoms with van der Waals surface area (Å²) in [6.45, 7) is 2.47. The molecule has 1 saturated heterocycles. The number of hydrogen-bond donors (Lipinski definition) is 2. The van der Waals surface area contributed by atoms with Gasteiger partial charge in [0.05, 0.1) is 0 Å². The topological polar surface area (TPSA) is 50.7 Å². The molecular formula is C21H25F2NO3. The van der Waals surface area contributed by atoms with E-state index in [4.69, 9.17) is 9.47 Å². The largest absolute Gasteiger partial charge is 0.491 e. The molecule has 0 spiro atoms. The number of nitrogens with one attached hydrogen (secondary N) is 1. The van der Waals surface area contributed by atoms with Crippen molar-refractivity contribution in [2.45, 2.75) is 24.4 Å². The maximum atomic E-state index is 13.3.